The Hall–Kier alpha value is -1.27. The number of aliphatic hydroxyl groups excluding tert-OH is 1. The molecule has 0 aliphatic carbocycles. The van der Waals surface area contributed by atoms with Crippen LogP contribution in [0.5, 0.6) is 0 Å². The van der Waals surface area contributed by atoms with Gasteiger partial charge in [-0.2, -0.15) is 0 Å². The number of nitrogen functional groups attached to an aromatic ring is 1. The maximum atomic E-state index is 11.3. The standard InChI is InChI=1S/C11H18N2O3S/c1-11(2,7-14)13-10-5-4-8(6-9(10)12)17(3,15)16/h4-6,13-14H,7,12H2,1-3H3. The number of nitrogens with one attached hydrogen (secondary N) is 1. The second-order valence-electron chi connectivity index (χ2n) is 4.69. The van der Waals surface area contributed by atoms with E-state index in [2.05, 4.69) is 5.32 Å². The predicted molar refractivity (Wildman–Crippen MR) is 68.8 cm³/mol. The van der Waals surface area contributed by atoms with Crippen molar-refractivity contribution in [2.45, 2.75) is 24.3 Å². The van der Waals surface area contributed by atoms with Crippen molar-refractivity contribution in [2.75, 3.05) is 23.9 Å². The fourth-order valence-corrected chi connectivity index (χ4v) is 1.95. The van der Waals surface area contributed by atoms with E-state index in [0.29, 0.717) is 11.4 Å². The molecule has 5 nitrogen and oxygen atoms in total. The molecule has 4 N–H and O–H groups in total. The fraction of sp³-hybridized carbons (Fsp3) is 0.455. The van der Waals surface area contributed by atoms with Gasteiger partial charge in [-0.05, 0) is 32.0 Å². The van der Waals surface area contributed by atoms with Crippen LogP contribution in [-0.4, -0.2) is 31.9 Å². The topological polar surface area (TPSA) is 92.4 Å². The zero-order chi connectivity index (χ0) is 13.3. The molecular formula is C11H18N2O3S. The summed E-state index contributed by atoms with van der Waals surface area (Å²) in [6.07, 6.45) is 1.13. The maximum absolute atomic E-state index is 11.3. The first-order valence-corrected chi connectivity index (χ1v) is 7.03. The summed E-state index contributed by atoms with van der Waals surface area (Å²) >= 11 is 0. The molecule has 0 aliphatic heterocycles. The van der Waals surface area contributed by atoms with Crippen LogP contribution in [0.3, 0.4) is 0 Å². The van der Waals surface area contributed by atoms with Gasteiger partial charge in [0.1, 0.15) is 0 Å². The van der Waals surface area contributed by atoms with Crippen LogP contribution < -0.4 is 11.1 Å². The van der Waals surface area contributed by atoms with Crippen molar-refractivity contribution in [1.29, 1.82) is 0 Å². The lowest BCUT2D eigenvalue weighted by molar-refractivity contribution is 0.234. The summed E-state index contributed by atoms with van der Waals surface area (Å²) in [4.78, 5) is 0.183. The van der Waals surface area contributed by atoms with Gasteiger partial charge >= 0.3 is 0 Å². The molecule has 6 heteroatoms. The molecular weight excluding hydrogens is 240 g/mol. The number of anilines is 2. The number of sulfone groups is 1. The predicted octanol–water partition coefficient (Wildman–Crippen LogP) is 0.855. The highest BCUT2D eigenvalue weighted by Crippen LogP contribution is 2.25. The molecule has 1 aromatic carbocycles. The van der Waals surface area contributed by atoms with E-state index in [9.17, 15) is 8.42 Å². The van der Waals surface area contributed by atoms with E-state index in [1.807, 2.05) is 13.8 Å². The SMILES string of the molecule is CC(C)(CO)Nc1ccc(S(C)(=O)=O)cc1N. The third-order valence-electron chi connectivity index (χ3n) is 2.32. The van der Waals surface area contributed by atoms with Gasteiger partial charge in [-0.25, -0.2) is 8.42 Å². The van der Waals surface area contributed by atoms with Crippen LogP contribution in [0.2, 0.25) is 0 Å². The summed E-state index contributed by atoms with van der Waals surface area (Å²) in [5.41, 5.74) is 6.21. The summed E-state index contributed by atoms with van der Waals surface area (Å²) in [5.74, 6) is 0. The molecule has 0 amide bonds. The summed E-state index contributed by atoms with van der Waals surface area (Å²) in [6.45, 7) is 3.58. The number of benzene rings is 1. The van der Waals surface area contributed by atoms with Gasteiger partial charge in [0.25, 0.3) is 0 Å². The van der Waals surface area contributed by atoms with Crippen LogP contribution in [-0.2, 0) is 9.84 Å². The molecule has 0 spiro atoms. The number of aliphatic hydroxyl groups is 1. The Morgan fingerprint density at radius 2 is 2.00 bits per heavy atom. The van der Waals surface area contributed by atoms with Crippen molar-refractivity contribution in [3.8, 4) is 0 Å². The molecule has 0 aliphatic rings. The van der Waals surface area contributed by atoms with Gasteiger partial charge in [-0.3, -0.25) is 0 Å². The molecule has 1 rings (SSSR count). The summed E-state index contributed by atoms with van der Waals surface area (Å²) in [7, 11) is -3.25. The van der Waals surface area contributed by atoms with E-state index in [1.165, 1.54) is 12.1 Å². The van der Waals surface area contributed by atoms with Gasteiger partial charge in [0.15, 0.2) is 9.84 Å². The molecule has 17 heavy (non-hydrogen) atoms. The minimum Gasteiger partial charge on any atom is -0.397 e. The Morgan fingerprint density at radius 1 is 1.41 bits per heavy atom. The average Bonchev–Trinajstić information content (AvgIpc) is 2.19. The molecule has 0 unspecified atom stereocenters. The largest absolute Gasteiger partial charge is 0.397 e. The molecule has 1 aromatic rings. The highest BCUT2D eigenvalue weighted by atomic mass is 32.2. The highest BCUT2D eigenvalue weighted by Gasteiger charge is 2.17. The smallest absolute Gasteiger partial charge is 0.175 e. The van der Waals surface area contributed by atoms with Crippen LogP contribution in [0, 0.1) is 0 Å². The Balaban J connectivity index is 3.07. The molecule has 0 atom stereocenters. The van der Waals surface area contributed by atoms with Crippen LogP contribution >= 0.6 is 0 Å². The second kappa shape index (κ2) is 4.54. The van der Waals surface area contributed by atoms with Crippen molar-refractivity contribution >= 4 is 21.2 Å². The van der Waals surface area contributed by atoms with Gasteiger partial charge in [0, 0.05) is 6.26 Å². The van der Waals surface area contributed by atoms with Crippen molar-refractivity contribution < 1.29 is 13.5 Å². The van der Waals surface area contributed by atoms with E-state index in [4.69, 9.17) is 10.8 Å². The zero-order valence-corrected chi connectivity index (χ0v) is 11.0. The molecule has 0 bridgehead atoms. The normalized spacial score (nSPS) is 12.5. The van der Waals surface area contributed by atoms with E-state index in [0.717, 1.165) is 6.26 Å². The first kappa shape index (κ1) is 13.8. The third-order valence-corrected chi connectivity index (χ3v) is 3.43. The van der Waals surface area contributed by atoms with E-state index < -0.39 is 15.4 Å². The number of nitrogens with two attached hydrogens (primary N) is 1. The molecule has 0 heterocycles. The van der Waals surface area contributed by atoms with Crippen LogP contribution in [0.25, 0.3) is 0 Å². The molecule has 0 fully saturated rings. The average molecular weight is 258 g/mol. The fourth-order valence-electron chi connectivity index (χ4n) is 1.29. The quantitative estimate of drug-likeness (QED) is 0.696. The van der Waals surface area contributed by atoms with Gasteiger partial charge in [-0.15, -0.1) is 0 Å². The molecule has 0 saturated heterocycles. The van der Waals surface area contributed by atoms with Gasteiger partial charge in [0.2, 0.25) is 0 Å². The Bertz CT molecular complexity index is 509. The van der Waals surface area contributed by atoms with Gasteiger partial charge in [-0.1, -0.05) is 0 Å². The summed E-state index contributed by atoms with van der Waals surface area (Å²) < 4.78 is 22.6. The van der Waals surface area contributed by atoms with Crippen LogP contribution in [0.15, 0.2) is 23.1 Å². The summed E-state index contributed by atoms with van der Waals surface area (Å²) in [6, 6.07) is 4.50. The second-order valence-corrected chi connectivity index (χ2v) is 6.70. The zero-order valence-electron chi connectivity index (χ0n) is 10.2. The van der Waals surface area contributed by atoms with Gasteiger partial charge in [0.05, 0.1) is 28.4 Å². The van der Waals surface area contributed by atoms with Crippen LogP contribution in [0.4, 0.5) is 11.4 Å². The lowest BCUT2D eigenvalue weighted by atomic mass is 10.1. The Morgan fingerprint density at radius 3 is 2.41 bits per heavy atom. The maximum Gasteiger partial charge on any atom is 0.175 e. The summed E-state index contributed by atoms with van der Waals surface area (Å²) in [5, 5.41) is 12.2. The van der Waals surface area contributed by atoms with Crippen molar-refractivity contribution in [2.24, 2.45) is 0 Å². The minimum atomic E-state index is -3.25. The minimum absolute atomic E-state index is 0.0553. The van der Waals surface area contributed by atoms with Crippen molar-refractivity contribution in [1.82, 2.24) is 0 Å². The van der Waals surface area contributed by atoms with E-state index >= 15 is 0 Å². The first-order valence-electron chi connectivity index (χ1n) is 5.14. The molecule has 0 aromatic heterocycles. The Labute approximate surface area is 102 Å². The molecule has 0 saturated carbocycles. The monoisotopic (exact) mass is 258 g/mol. The highest BCUT2D eigenvalue weighted by molar-refractivity contribution is 7.90. The Kier molecular flexibility index (Phi) is 3.68. The first-order chi connectivity index (χ1) is 7.65. The number of rotatable bonds is 4. The lowest BCUT2D eigenvalue weighted by Gasteiger charge is -2.25. The van der Waals surface area contributed by atoms with E-state index in [-0.39, 0.29) is 11.5 Å². The number of hydrogen-bond acceptors (Lipinski definition) is 5. The number of hydrogen-bond donors (Lipinski definition) is 3. The van der Waals surface area contributed by atoms with Crippen molar-refractivity contribution in [3.05, 3.63) is 18.2 Å². The lowest BCUT2D eigenvalue weighted by Crippen LogP contribution is -2.35. The molecule has 96 valence electrons. The van der Waals surface area contributed by atoms with Crippen molar-refractivity contribution in [3.63, 3.8) is 0 Å². The van der Waals surface area contributed by atoms with Crippen LogP contribution in [0.1, 0.15) is 13.8 Å². The third kappa shape index (κ3) is 3.61. The molecule has 0 radical (unpaired) electrons. The van der Waals surface area contributed by atoms with Gasteiger partial charge < -0.3 is 16.2 Å². The van der Waals surface area contributed by atoms with E-state index in [1.54, 1.807) is 6.07 Å².